The third kappa shape index (κ3) is 3.17. The standard InChI is InChI=1S/C12H20N4O/c1-4-9(5-2)16(3)12(17)10-7-6-8-11(14-10)15-13/h6-9H,4-5,13H2,1-3H3,(H,14,15). The van der Waals surface area contributed by atoms with Gasteiger partial charge in [-0.25, -0.2) is 10.8 Å². The molecule has 0 aliphatic heterocycles. The van der Waals surface area contributed by atoms with Crippen molar-refractivity contribution in [2.45, 2.75) is 32.7 Å². The first-order valence-corrected chi connectivity index (χ1v) is 5.84. The number of hydrogen-bond donors (Lipinski definition) is 2. The highest BCUT2D eigenvalue weighted by atomic mass is 16.2. The quantitative estimate of drug-likeness (QED) is 0.602. The van der Waals surface area contributed by atoms with E-state index in [0.717, 1.165) is 12.8 Å². The predicted octanol–water partition coefficient (Wildman–Crippen LogP) is 1.63. The highest BCUT2D eigenvalue weighted by molar-refractivity contribution is 5.92. The van der Waals surface area contributed by atoms with Gasteiger partial charge in [0, 0.05) is 13.1 Å². The number of anilines is 1. The predicted molar refractivity (Wildman–Crippen MR) is 68.5 cm³/mol. The Morgan fingerprint density at radius 2 is 2.12 bits per heavy atom. The van der Waals surface area contributed by atoms with Gasteiger partial charge in [-0.3, -0.25) is 4.79 Å². The molecule has 0 fully saturated rings. The number of hydrogen-bond acceptors (Lipinski definition) is 4. The van der Waals surface area contributed by atoms with Crippen LogP contribution in [0.3, 0.4) is 0 Å². The number of rotatable bonds is 5. The van der Waals surface area contributed by atoms with Gasteiger partial charge in [-0.2, -0.15) is 0 Å². The van der Waals surface area contributed by atoms with Crippen molar-refractivity contribution in [2.75, 3.05) is 12.5 Å². The smallest absolute Gasteiger partial charge is 0.272 e. The van der Waals surface area contributed by atoms with E-state index in [0.29, 0.717) is 11.5 Å². The van der Waals surface area contributed by atoms with Crippen LogP contribution in [0.1, 0.15) is 37.2 Å². The van der Waals surface area contributed by atoms with E-state index >= 15 is 0 Å². The van der Waals surface area contributed by atoms with Crippen molar-refractivity contribution in [3.8, 4) is 0 Å². The van der Waals surface area contributed by atoms with Gasteiger partial charge >= 0.3 is 0 Å². The Balaban J connectivity index is 2.87. The molecule has 0 atom stereocenters. The maximum absolute atomic E-state index is 12.2. The third-order valence-electron chi connectivity index (χ3n) is 2.93. The molecule has 1 heterocycles. The first kappa shape index (κ1) is 13.4. The number of carbonyl (C=O) groups excluding carboxylic acids is 1. The summed E-state index contributed by atoms with van der Waals surface area (Å²) in [5, 5.41) is 0. The molecule has 0 saturated heterocycles. The molecule has 1 rings (SSSR count). The molecule has 0 aromatic carbocycles. The van der Waals surface area contributed by atoms with Crippen LogP contribution in [0.25, 0.3) is 0 Å². The number of pyridine rings is 1. The Morgan fingerprint density at radius 3 is 2.65 bits per heavy atom. The summed E-state index contributed by atoms with van der Waals surface area (Å²) in [6.07, 6.45) is 1.88. The molecule has 3 N–H and O–H groups in total. The van der Waals surface area contributed by atoms with E-state index < -0.39 is 0 Å². The van der Waals surface area contributed by atoms with Gasteiger partial charge in [0.1, 0.15) is 11.5 Å². The summed E-state index contributed by atoms with van der Waals surface area (Å²) in [5.74, 6) is 5.69. The molecule has 17 heavy (non-hydrogen) atoms. The second kappa shape index (κ2) is 6.20. The second-order valence-electron chi connectivity index (χ2n) is 3.94. The molecular weight excluding hydrogens is 216 g/mol. The summed E-state index contributed by atoms with van der Waals surface area (Å²) in [6, 6.07) is 5.42. The molecule has 94 valence electrons. The molecule has 0 radical (unpaired) electrons. The number of nitrogen functional groups attached to an aromatic ring is 1. The largest absolute Gasteiger partial charge is 0.337 e. The minimum atomic E-state index is -0.0733. The summed E-state index contributed by atoms with van der Waals surface area (Å²) in [4.78, 5) is 18.0. The fraction of sp³-hybridized carbons (Fsp3) is 0.500. The van der Waals surface area contributed by atoms with Gasteiger partial charge in [0.15, 0.2) is 0 Å². The molecule has 0 bridgehead atoms. The Hall–Kier alpha value is -1.62. The first-order valence-electron chi connectivity index (χ1n) is 5.84. The Kier molecular flexibility index (Phi) is 4.90. The van der Waals surface area contributed by atoms with Crippen molar-refractivity contribution in [2.24, 2.45) is 5.84 Å². The summed E-state index contributed by atoms with van der Waals surface area (Å²) in [7, 11) is 1.81. The molecule has 1 amide bonds. The molecule has 0 aliphatic carbocycles. The summed E-state index contributed by atoms with van der Waals surface area (Å²) >= 11 is 0. The Labute approximate surface area is 102 Å². The van der Waals surface area contributed by atoms with E-state index in [1.165, 1.54) is 0 Å². The lowest BCUT2D eigenvalue weighted by Crippen LogP contribution is -2.36. The van der Waals surface area contributed by atoms with Gasteiger partial charge in [0.2, 0.25) is 0 Å². The number of nitrogens with zero attached hydrogens (tertiary/aromatic N) is 2. The maximum atomic E-state index is 12.2. The van der Waals surface area contributed by atoms with Crippen molar-refractivity contribution in [3.63, 3.8) is 0 Å². The normalized spacial score (nSPS) is 10.4. The number of nitrogens with one attached hydrogen (secondary N) is 1. The molecular formula is C12H20N4O. The van der Waals surface area contributed by atoms with E-state index in [-0.39, 0.29) is 11.9 Å². The van der Waals surface area contributed by atoms with Crippen LogP contribution in [0.15, 0.2) is 18.2 Å². The van der Waals surface area contributed by atoms with Crippen LogP contribution < -0.4 is 11.3 Å². The lowest BCUT2D eigenvalue weighted by atomic mass is 10.1. The van der Waals surface area contributed by atoms with Gasteiger partial charge in [-0.15, -0.1) is 0 Å². The van der Waals surface area contributed by atoms with Crippen LogP contribution in [-0.4, -0.2) is 28.9 Å². The Bertz CT molecular complexity index is 377. The molecule has 1 aromatic rings. The molecule has 1 aromatic heterocycles. The SMILES string of the molecule is CCC(CC)N(C)C(=O)c1cccc(NN)n1. The number of nitrogens with two attached hydrogens (primary N) is 1. The van der Waals surface area contributed by atoms with Crippen LogP contribution in [0.5, 0.6) is 0 Å². The van der Waals surface area contributed by atoms with Crippen molar-refractivity contribution < 1.29 is 4.79 Å². The zero-order chi connectivity index (χ0) is 12.8. The van der Waals surface area contributed by atoms with Crippen LogP contribution in [0.4, 0.5) is 5.82 Å². The highest BCUT2D eigenvalue weighted by Crippen LogP contribution is 2.11. The number of hydrazine groups is 1. The summed E-state index contributed by atoms with van der Waals surface area (Å²) in [6.45, 7) is 4.15. The van der Waals surface area contributed by atoms with Gasteiger partial charge in [-0.05, 0) is 25.0 Å². The number of aromatic nitrogens is 1. The topological polar surface area (TPSA) is 71.2 Å². The average molecular weight is 236 g/mol. The summed E-state index contributed by atoms with van der Waals surface area (Å²) in [5.41, 5.74) is 2.85. The Morgan fingerprint density at radius 1 is 1.47 bits per heavy atom. The van der Waals surface area contributed by atoms with Crippen molar-refractivity contribution >= 4 is 11.7 Å². The summed E-state index contributed by atoms with van der Waals surface area (Å²) < 4.78 is 0. The maximum Gasteiger partial charge on any atom is 0.272 e. The van der Waals surface area contributed by atoms with Gasteiger partial charge in [0.25, 0.3) is 5.91 Å². The van der Waals surface area contributed by atoms with Crippen molar-refractivity contribution in [3.05, 3.63) is 23.9 Å². The molecule has 5 nitrogen and oxygen atoms in total. The zero-order valence-corrected chi connectivity index (χ0v) is 10.6. The van der Waals surface area contributed by atoms with E-state index in [1.807, 2.05) is 7.05 Å². The van der Waals surface area contributed by atoms with Gasteiger partial charge in [-0.1, -0.05) is 19.9 Å². The second-order valence-corrected chi connectivity index (χ2v) is 3.94. The third-order valence-corrected chi connectivity index (χ3v) is 2.93. The number of carbonyl (C=O) groups is 1. The highest BCUT2D eigenvalue weighted by Gasteiger charge is 2.19. The van der Waals surface area contributed by atoms with E-state index in [9.17, 15) is 4.79 Å². The van der Waals surface area contributed by atoms with Crippen LogP contribution in [0, 0.1) is 0 Å². The van der Waals surface area contributed by atoms with Crippen molar-refractivity contribution in [1.29, 1.82) is 0 Å². The van der Waals surface area contributed by atoms with Crippen LogP contribution >= 0.6 is 0 Å². The molecule has 0 saturated carbocycles. The van der Waals surface area contributed by atoms with E-state index in [1.54, 1.807) is 23.1 Å². The van der Waals surface area contributed by atoms with Crippen LogP contribution in [0.2, 0.25) is 0 Å². The zero-order valence-electron chi connectivity index (χ0n) is 10.6. The lowest BCUT2D eigenvalue weighted by Gasteiger charge is -2.26. The minimum Gasteiger partial charge on any atom is -0.337 e. The fourth-order valence-electron chi connectivity index (χ4n) is 1.82. The average Bonchev–Trinajstić information content (AvgIpc) is 2.39. The van der Waals surface area contributed by atoms with Crippen molar-refractivity contribution in [1.82, 2.24) is 9.88 Å². The van der Waals surface area contributed by atoms with E-state index in [2.05, 4.69) is 24.3 Å². The van der Waals surface area contributed by atoms with Crippen LogP contribution in [-0.2, 0) is 0 Å². The van der Waals surface area contributed by atoms with Gasteiger partial charge in [0.05, 0.1) is 0 Å². The monoisotopic (exact) mass is 236 g/mol. The number of amides is 1. The van der Waals surface area contributed by atoms with Gasteiger partial charge < -0.3 is 10.3 Å². The minimum absolute atomic E-state index is 0.0733. The molecule has 0 spiro atoms. The fourth-order valence-corrected chi connectivity index (χ4v) is 1.82. The molecule has 0 aliphatic rings. The first-order chi connectivity index (χ1) is 8.13. The van der Waals surface area contributed by atoms with E-state index in [4.69, 9.17) is 5.84 Å². The molecule has 0 unspecified atom stereocenters. The molecule has 5 heteroatoms. The lowest BCUT2D eigenvalue weighted by molar-refractivity contribution is 0.0718.